The average Bonchev–Trinajstić information content (AvgIpc) is 3.49. The minimum atomic E-state index is -0.789. The molecule has 2 saturated carbocycles. The van der Waals surface area contributed by atoms with E-state index < -0.39 is 35.1 Å². The fourth-order valence-corrected chi connectivity index (χ4v) is 4.97. The number of aliphatic hydroxyl groups is 1. The number of carbonyl (C=O) groups excluding carboxylic acids is 3. The first-order chi connectivity index (χ1) is 15.0. The number of aliphatic hydroxyl groups excluding tert-OH is 1. The molecule has 2 amide bonds. The highest BCUT2D eigenvalue weighted by atomic mass is 19.1. The number of nitrogens with two attached hydrogens (primary N) is 1. The zero-order valence-electron chi connectivity index (χ0n) is 18.7. The molecular formula is C24H28FN3O4. The van der Waals surface area contributed by atoms with Crippen molar-refractivity contribution in [1.82, 2.24) is 4.57 Å². The summed E-state index contributed by atoms with van der Waals surface area (Å²) in [5.74, 6) is -2.52. The van der Waals surface area contributed by atoms with Crippen LogP contribution in [0.1, 0.15) is 76.2 Å². The lowest BCUT2D eigenvalue weighted by Gasteiger charge is -2.50. The van der Waals surface area contributed by atoms with Crippen LogP contribution >= 0.6 is 0 Å². The molecular weight excluding hydrogens is 413 g/mol. The first-order valence-electron chi connectivity index (χ1n) is 10.8. The number of nitrogens with zero attached hydrogens (tertiary/aromatic N) is 2. The van der Waals surface area contributed by atoms with Gasteiger partial charge in [0.15, 0.2) is 0 Å². The number of benzene rings is 1. The molecule has 7 nitrogen and oxygen atoms in total. The Morgan fingerprint density at radius 3 is 2.34 bits per heavy atom. The second kappa shape index (κ2) is 7.55. The lowest BCUT2D eigenvalue weighted by molar-refractivity contribution is -0.117. The lowest BCUT2D eigenvalue weighted by atomic mass is 9.74. The van der Waals surface area contributed by atoms with Crippen LogP contribution in [0.4, 0.5) is 10.1 Å². The summed E-state index contributed by atoms with van der Waals surface area (Å²) >= 11 is 0. The minimum Gasteiger partial charge on any atom is -0.393 e. The fourth-order valence-electron chi connectivity index (χ4n) is 4.97. The van der Waals surface area contributed by atoms with Gasteiger partial charge in [0.1, 0.15) is 5.82 Å². The van der Waals surface area contributed by atoms with Crippen molar-refractivity contribution in [3.63, 3.8) is 0 Å². The molecule has 170 valence electrons. The van der Waals surface area contributed by atoms with E-state index in [0.29, 0.717) is 40.9 Å². The standard InChI is InChI=1S/C24H28FN3O4/c1-12-9-15(7-8-17(12)25)28(24(3)10-16(29)11-24)23(32)21(30)20-19(14-5-6-14)18(22(26)31)13(2)27(20)4/h7-9,14,16,29H,5-6,10-11H2,1-4H3,(H2,26,31). The van der Waals surface area contributed by atoms with E-state index in [1.165, 1.54) is 23.1 Å². The highest BCUT2D eigenvalue weighted by Crippen LogP contribution is 2.46. The second-order valence-electron chi connectivity index (χ2n) is 9.38. The van der Waals surface area contributed by atoms with Gasteiger partial charge in [0.2, 0.25) is 0 Å². The Morgan fingerprint density at radius 1 is 1.22 bits per heavy atom. The molecule has 2 fully saturated rings. The van der Waals surface area contributed by atoms with Crippen LogP contribution < -0.4 is 10.6 Å². The number of ketones is 1. The van der Waals surface area contributed by atoms with Gasteiger partial charge in [0.05, 0.1) is 22.9 Å². The van der Waals surface area contributed by atoms with Crippen LogP contribution in [0.2, 0.25) is 0 Å². The summed E-state index contributed by atoms with van der Waals surface area (Å²) in [6.07, 6.45) is 1.67. The molecule has 0 radical (unpaired) electrons. The number of primary amides is 1. The van der Waals surface area contributed by atoms with E-state index in [9.17, 15) is 23.9 Å². The monoisotopic (exact) mass is 441 g/mol. The maximum Gasteiger partial charge on any atom is 0.301 e. The number of rotatable bonds is 6. The molecule has 8 heteroatoms. The number of aromatic nitrogens is 1. The first kappa shape index (κ1) is 22.2. The second-order valence-corrected chi connectivity index (χ2v) is 9.38. The highest BCUT2D eigenvalue weighted by molar-refractivity contribution is 6.47. The number of halogens is 1. The van der Waals surface area contributed by atoms with Crippen molar-refractivity contribution in [2.24, 2.45) is 12.8 Å². The third-order valence-electron chi connectivity index (χ3n) is 6.86. The smallest absolute Gasteiger partial charge is 0.301 e. The number of hydrogen-bond acceptors (Lipinski definition) is 4. The number of aryl methyl sites for hydroxylation is 1. The summed E-state index contributed by atoms with van der Waals surface area (Å²) in [4.78, 5) is 40.9. The molecule has 3 N–H and O–H groups in total. The number of amides is 2. The molecule has 32 heavy (non-hydrogen) atoms. The summed E-state index contributed by atoms with van der Waals surface area (Å²) in [7, 11) is 1.65. The van der Waals surface area contributed by atoms with E-state index in [1.54, 1.807) is 32.4 Å². The average molecular weight is 442 g/mol. The van der Waals surface area contributed by atoms with Crippen LogP contribution in [0.3, 0.4) is 0 Å². The molecule has 0 spiro atoms. The normalized spacial score (nSPS) is 22.4. The van der Waals surface area contributed by atoms with Gasteiger partial charge >= 0.3 is 5.91 Å². The van der Waals surface area contributed by atoms with Gasteiger partial charge in [-0.3, -0.25) is 19.3 Å². The van der Waals surface area contributed by atoms with Crippen molar-refractivity contribution in [3.8, 4) is 0 Å². The third kappa shape index (κ3) is 3.43. The Bertz CT molecular complexity index is 1140. The first-order valence-corrected chi connectivity index (χ1v) is 10.8. The molecule has 2 aliphatic carbocycles. The maximum atomic E-state index is 13.9. The summed E-state index contributed by atoms with van der Waals surface area (Å²) in [5.41, 5.74) is 7.14. The van der Waals surface area contributed by atoms with Gasteiger partial charge in [-0.05, 0) is 81.7 Å². The molecule has 0 bridgehead atoms. The molecule has 0 unspecified atom stereocenters. The molecule has 0 saturated heterocycles. The largest absolute Gasteiger partial charge is 0.393 e. The number of hydrogen-bond donors (Lipinski definition) is 2. The maximum absolute atomic E-state index is 13.9. The van der Waals surface area contributed by atoms with Crippen LogP contribution in [-0.2, 0) is 11.8 Å². The van der Waals surface area contributed by atoms with Gasteiger partial charge in [-0.25, -0.2) is 4.39 Å². The Morgan fingerprint density at radius 2 is 1.84 bits per heavy atom. The van der Waals surface area contributed by atoms with Crippen LogP contribution in [0, 0.1) is 19.7 Å². The summed E-state index contributed by atoms with van der Waals surface area (Å²) < 4.78 is 15.5. The Labute approximate surface area is 186 Å². The zero-order valence-corrected chi connectivity index (χ0v) is 18.7. The van der Waals surface area contributed by atoms with Crippen LogP contribution in [0.15, 0.2) is 18.2 Å². The van der Waals surface area contributed by atoms with Crippen molar-refractivity contribution in [2.45, 2.75) is 64.0 Å². The number of carbonyl (C=O) groups is 3. The molecule has 1 heterocycles. The quantitative estimate of drug-likeness (QED) is 0.531. The molecule has 1 aromatic carbocycles. The molecule has 4 rings (SSSR count). The Hall–Kier alpha value is -3.00. The minimum absolute atomic E-state index is 0.0202. The third-order valence-corrected chi connectivity index (χ3v) is 6.86. The van der Waals surface area contributed by atoms with Crippen molar-refractivity contribution in [2.75, 3.05) is 4.90 Å². The van der Waals surface area contributed by atoms with Gasteiger partial charge in [0, 0.05) is 18.4 Å². The molecule has 0 aliphatic heterocycles. The highest BCUT2D eigenvalue weighted by Gasteiger charge is 2.49. The van der Waals surface area contributed by atoms with Crippen LogP contribution in [0.5, 0.6) is 0 Å². The van der Waals surface area contributed by atoms with Gasteiger partial charge in [-0.15, -0.1) is 0 Å². The topological polar surface area (TPSA) is 106 Å². The number of Topliss-reactive ketones (excluding diaryl/α,β-unsaturated/α-hetero) is 1. The lowest BCUT2D eigenvalue weighted by Crippen LogP contribution is -2.61. The SMILES string of the molecule is Cc1cc(N(C(=O)C(=O)c2c(C3CC3)c(C(N)=O)c(C)n2C)C2(C)CC(O)C2)ccc1F. The van der Waals surface area contributed by atoms with Crippen molar-refractivity contribution in [3.05, 3.63) is 52.1 Å². The van der Waals surface area contributed by atoms with Crippen molar-refractivity contribution in [1.29, 1.82) is 0 Å². The van der Waals surface area contributed by atoms with Crippen molar-refractivity contribution >= 4 is 23.3 Å². The Kier molecular flexibility index (Phi) is 5.24. The summed E-state index contributed by atoms with van der Waals surface area (Å²) in [5, 5.41) is 9.95. The molecule has 1 aromatic heterocycles. The predicted molar refractivity (Wildman–Crippen MR) is 117 cm³/mol. The van der Waals surface area contributed by atoms with Crippen molar-refractivity contribution < 1.29 is 23.9 Å². The van der Waals surface area contributed by atoms with E-state index in [0.717, 1.165) is 12.8 Å². The molecule has 2 aromatic rings. The fraction of sp³-hybridized carbons (Fsp3) is 0.458. The molecule has 0 atom stereocenters. The van der Waals surface area contributed by atoms with E-state index in [-0.39, 0.29) is 11.6 Å². The van der Waals surface area contributed by atoms with E-state index in [1.807, 2.05) is 0 Å². The van der Waals surface area contributed by atoms with E-state index >= 15 is 0 Å². The van der Waals surface area contributed by atoms with E-state index in [2.05, 4.69) is 0 Å². The summed E-state index contributed by atoms with van der Waals surface area (Å²) in [6.45, 7) is 5.10. The predicted octanol–water partition coefficient (Wildman–Crippen LogP) is 2.89. The van der Waals surface area contributed by atoms with Gasteiger partial charge in [0.25, 0.3) is 11.7 Å². The van der Waals surface area contributed by atoms with Gasteiger partial charge < -0.3 is 15.4 Å². The van der Waals surface area contributed by atoms with Crippen LogP contribution in [-0.4, -0.2) is 38.9 Å². The van der Waals surface area contributed by atoms with Gasteiger partial charge in [-0.2, -0.15) is 0 Å². The van der Waals surface area contributed by atoms with E-state index in [4.69, 9.17) is 5.73 Å². The van der Waals surface area contributed by atoms with Gasteiger partial charge in [-0.1, -0.05) is 0 Å². The number of anilines is 1. The zero-order chi connectivity index (χ0) is 23.5. The Balaban J connectivity index is 1.82. The molecule has 2 aliphatic rings. The summed E-state index contributed by atoms with van der Waals surface area (Å²) in [6, 6.07) is 4.26. The van der Waals surface area contributed by atoms with Crippen LogP contribution in [0.25, 0.3) is 0 Å².